The summed E-state index contributed by atoms with van der Waals surface area (Å²) in [6.07, 6.45) is 6.87. The van der Waals surface area contributed by atoms with Crippen molar-refractivity contribution in [3.8, 4) is 0 Å². The minimum atomic E-state index is -0.169. The first kappa shape index (κ1) is 16.6. The number of nitrogens with zero attached hydrogens (tertiary/aromatic N) is 3. The standard InChI is InChI=1S/C20H26FN3O/c21-16-7-9-17(10-8-16)24-14-12-23(13-15-24)11-3-5-19-18-4-1-2-6-20(18)25-22-19/h7-10H,1-6,11-15H2. The number of hydrogen-bond acceptors (Lipinski definition) is 4. The molecule has 5 heteroatoms. The van der Waals surface area contributed by atoms with Gasteiger partial charge in [-0.15, -0.1) is 0 Å². The molecule has 1 aromatic carbocycles. The molecule has 1 aliphatic carbocycles. The summed E-state index contributed by atoms with van der Waals surface area (Å²) in [4.78, 5) is 4.86. The quantitative estimate of drug-likeness (QED) is 0.832. The van der Waals surface area contributed by atoms with Crippen molar-refractivity contribution in [1.29, 1.82) is 0 Å². The minimum Gasteiger partial charge on any atom is -0.369 e. The van der Waals surface area contributed by atoms with Gasteiger partial charge in [0, 0.05) is 43.9 Å². The highest BCUT2D eigenvalue weighted by Gasteiger charge is 2.20. The molecule has 1 saturated heterocycles. The van der Waals surface area contributed by atoms with Gasteiger partial charge < -0.3 is 9.42 Å². The van der Waals surface area contributed by atoms with Gasteiger partial charge in [0.25, 0.3) is 0 Å². The molecule has 0 bridgehead atoms. The van der Waals surface area contributed by atoms with E-state index in [1.165, 1.54) is 24.1 Å². The normalized spacial score (nSPS) is 18.4. The van der Waals surface area contributed by atoms with E-state index in [9.17, 15) is 4.39 Å². The van der Waals surface area contributed by atoms with E-state index in [0.29, 0.717) is 0 Å². The second-order valence-corrected chi connectivity index (χ2v) is 7.15. The van der Waals surface area contributed by atoms with Crippen molar-refractivity contribution in [3.63, 3.8) is 0 Å². The maximum atomic E-state index is 13.0. The maximum absolute atomic E-state index is 13.0. The van der Waals surface area contributed by atoms with E-state index in [0.717, 1.165) is 69.9 Å². The molecule has 1 fully saturated rings. The van der Waals surface area contributed by atoms with Gasteiger partial charge in [-0.1, -0.05) is 5.16 Å². The predicted octanol–water partition coefficient (Wildman–Crippen LogP) is 3.45. The van der Waals surface area contributed by atoms with Crippen LogP contribution in [0.1, 0.15) is 36.3 Å². The van der Waals surface area contributed by atoms with Crippen molar-refractivity contribution >= 4 is 5.69 Å². The third-order valence-electron chi connectivity index (χ3n) is 5.48. The van der Waals surface area contributed by atoms with Crippen LogP contribution < -0.4 is 4.90 Å². The van der Waals surface area contributed by atoms with Crippen LogP contribution in [0.25, 0.3) is 0 Å². The molecule has 0 saturated carbocycles. The van der Waals surface area contributed by atoms with E-state index in [2.05, 4.69) is 15.0 Å². The molecule has 0 N–H and O–H groups in total. The Morgan fingerprint density at radius 1 is 1.00 bits per heavy atom. The lowest BCUT2D eigenvalue weighted by Crippen LogP contribution is -2.46. The number of fused-ring (bicyclic) bond motifs is 1. The predicted molar refractivity (Wildman–Crippen MR) is 96.5 cm³/mol. The number of benzene rings is 1. The molecule has 4 nitrogen and oxygen atoms in total. The summed E-state index contributed by atoms with van der Waals surface area (Å²) < 4.78 is 18.5. The summed E-state index contributed by atoms with van der Waals surface area (Å²) in [5.74, 6) is 0.964. The zero-order valence-electron chi connectivity index (χ0n) is 14.7. The molecule has 134 valence electrons. The van der Waals surface area contributed by atoms with E-state index in [-0.39, 0.29) is 5.82 Å². The SMILES string of the molecule is Fc1ccc(N2CCN(CCCc3noc4c3CCCC4)CC2)cc1. The highest BCUT2D eigenvalue weighted by Crippen LogP contribution is 2.25. The van der Waals surface area contributed by atoms with Gasteiger partial charge in [-0.2, -0.15) is 0 Å². The number of rotatable bonds is 5. The van der Waals surface area contributed by atoms with Gasteiger partial charge in [0.1, 0.15) is 11.6 Å². The highest BCUT2D eigenvalue weighted by atomic mass is 19.1. The molecule has 4 rings (SSSR count). The lowest BCUT2D eigenvalue weighted by molar-refractivity contribution is 0.254. The van der Waals surface area contributed by atoms with Crippen LogP contribution >= 0.6 is 0 Å². The van der Waals surface area contributed by atoms with Crippen LogP contribution in [0.2, 0.25) is 0 Å². The number of aromatic nitrogens is 1. The first-order chi connectivity index (χ1) is 12.3. The number of piperazine rings is 1. The van der Waals surface area contributed by atoms with Crippen LogP contribution in [0.5, 0.6) is 0 Å². The Kier molecular flexibility index (Phi) is 5.02. The molecule has 2 aromatic rings. The van der Waals surface area contributed by atoms with E-state index >= 15 is 0 Å². The molecule has 1 aliphatic heterocycles. The summed E-state index contributed by atoms with van der Waals surface area (Å²) in [5.41, 5.74) is 3.71. The number of halogens is 1. The summed E-state index contributed by atoms with van der Waals surface area (Å²) >= 11 is 0. The Balaban J connectivity index is 1.23. The average molecular weight is 343 g/mol. The van der Waals surface area contributed by atoms with Crippen molar-refractivity contribution in [2.75, 3.05) is 37.6 Å². The van der Waals surface area contributed by atoms with Gasteiger partial charge in [0.05, 0.1) is 5.69 Å². The lowest BCUT2D eigenvalue weighted by atomic mass is 9.95. The molecule has 2 aliphatic rings. The van der Waals surface area contributed by atoms with Crippen LogP contribution in [-0.2, 0) is 19.3 Å². The molecule has 2 heterocycles. The summed E-state index contributed by atoms with van der Waals surface area (Å²) in [7, 11) is 0. The first-order valence-corrected chi connectivity index (χ1v) is 9.49. The molecule has 0 spiro atoms. The summed E-state index contributed by atoms with van der Waals surface area (Å²) in [6.45, 7) is 5.25. The van der Waals surface area contributed by atoms with Crippen LogP contribution in [0.15, 0.2) is 28.8 Å². The van der Waals surface area contributed by atoms with Gasteiger partial charge >= 0.3 is 0 Å². The molecule has 25 heavy (non-hydrogen) atoms. The van der Waals surface area contributed by atoms with Gasteiger partial charge in [0.15, 0.2) is 0 Å². The molecule has 0 atom stereocenters. The Bertz CT molecular complexity index is 689. The Morgan fingerprint density at radius 2 is 1.76 bits per heavy atom. The van der Waals surface area contributed by atoms with Crippen LogP contribution in [-0.4, -0.2) is 42.8 Å². The van der Waals surface area contributed by atoms with E-state index in [1.807, 2.05) is 12.1 Å². The van der Waals surface area contributed by atoms with E-state index in [1.54, 1.807) is 12.1 Å². The van der Waals surface area contributed by atoms with Crippen LogP contribution in [0, 0.1) is 5.82 Å². The Morgan fingerprint density at radius 3 is 2.56 bits per heavy atom. The van der Waals surface area contributed by atoms with Crippen LogP contribution in [0.4, 0.5) is 10.1 Å². The highest BCUT2D eigenvalue weighted by molar-refractivity contribution is 5.46. The smallest absolute Gasteiger partial charge is 0.140 e. The molecule has 0 amide bonds. The van der Waals surface area contributed by atoms with Crippen LogP contribution in [0.3, 0.4) is 0 Å². The summed E-state index contributed by atoms with van der Waals surface area (Å²) in [6, 6.07) is 6.83. The summed E-state index contributed by atoms with van der Waals surface area (Å²) in [5, 5.41) is 4.31. The third kappa shape index (κ3) is 3.87. The lowest BCUT2D eigenvalue weighted by Gasteiger charge is -2.36. The largest absolute Gasteiger partial charge is 0.369 e. The van der Waals surface area contributed by atoms with Gasteiger partial charge in [-0.05, 0) is 62.9 Å². The third-order valence-corrected chi connectivity index (χ3v) is 5.48. The fraction of sp³-hybridized carbons (Fsp3) is 0.550. The van der Waals surface area contributed by atoms with Crippen molar-refractivity contribution in [2.24, 2.45) is 0 Å². The molecule has 1 aromatic heterocycles. The Hall–Kier alpha value is -1.88. The number of anilines is 1. The van der Waals surface area contributed by atoms with E-state index < -0.39 is 0 Å². The number of aryl methyl sites for hydroxylation is 2. The maximum Gasteiger partial charge on any atom is 0.140 e. The fourth-order valence-corrected chi connectivity index (χ4v) is 4.00. The molecule has 0 radical (unpaired) electrons. The van der Waals surface area contributed by atoms with Gasteiger partial charge in [0.2, 0.25) is 0 Å². The van der Waals surface area contributed by atoms with Crippen molar-refractivity contribution < 1.29 is 8.91 Å². The monoisotopic (exact) mass is 343 g/mol. The second kappa shape index (κ2) is 7.56. The molecular formula is C20H26FN3O. The Labute approximate surface area is 148 Å². The van der Waals surface area contributed by atoms with Crippen molar-refractivity contribution in [2.45, 2.75) is 38.5 Å². The van der Waals surface area contributed by atoms with Gasteiger partial charge in [-0.25, -0.2) is 4.39 Å². The fourth-order valence-electron chi connectivity index (χ4n) is 4.00. The van der Waals surface area contributed by atoms with Gasteiger partial charge in [-0.3, -0.25) is 4.90 Å². The minimum absolute atomic E-state index is 0.169. The van der Waals surface area contributed by atoms with Crippen molar-refractivity contribution in [1.82, 2.24) is 10.1 Å². The first-order valence-electron chi connectivity index (χ1n) is 9.49. The topological polar surface area (TPSA) is 32.5 Å². The molecule has 0 unspecified atom stereocenters. The molecular weight excluding hydrogens is 317 g/mol. The van der Waals surface area contributed by atoms with E-state index in [4.69, 9.17) is 4.52 Å². The second-order valence-electron chi connectivity index (χ2n) is 7.15. The average Bonchev–Trinajstić information content (AvgIpc) is 3.06. The van der Waals surface area contributed by atoms with Crippen molar-refractivity contribution in [3.05, 3.63) is 47.1 Å². The zero-order valence-corrected chi connectivity index (χ0v) is 14.7. The number of hydrogen-bond donors (Lipinski definition) is 0. The zero-order chi connectivity index (χ0) is 17.1.